The Labute approximate surface area is 183 Å². The molecule has 2 aromatic rings. The van der Waals surface area contributed by atoms with Crippen LogP contribution < -0.4 is 16.0 Å². The van der Waals surface area contributed by atoms with E-state index in [9.17, 15) is 4.39 Å². The Kier molecular flexibility index (Phi) is 8.98. The minimum atomic E-state index is -0.192. The SMILES string of the molecule is CCc1ccc(NC(N)=NCCN2CCN(c3ccc(F)cc3)CC2)cc1.I. The first kappa shape index (κ1) is 22.4. The maximum Gasteiger partial charge on any atom is 0.193 e. The van der Waals surface area contributed by atoms with E-state index >= 15 is 0 Å². The van der Waals surface area contributed by atoms with E-state index in [1.807, 2.05) is 24.3 Å². The van der Waals surface area contributed by atoms with Crippen molar-refractivity contribution in [1.82, 2.24) is 4.90 Å². The van der Waals surface area contributed by atoms with Crippen molar-refractivity contribution < 1.29 is 4.39 Å². The zero-order valence-corrected chi connectivity index (χ0v) is 18.6. The number of nitrogens with zero attached hydrogens (tertiary/aromatic N) is 3. The molecule has 3 rings (SSSR count). The molecule has 0 bridgehead atoms. The second kappa shape index (κ2) is 11.2. The Hall–Kier alpha value is -1.87. The monoisotopic (exact) mass is 497 g/mol. The average Bonchev–Trinajstić information content (AvgIpc) is 2.70. The molecule has 0 amide bonds. The van der Waals surface area contributed by atoms with E-state index < -0.39 is 0 Å². The van der Waals surface area contributed by atoms with Crippen molar-refractivity contribution in [2.75, 3.05) is 49.5 Å². The molecule has 0 aromatic heterocycles. The molecule has 0 radical (unpaired) electrons. The van der Waals surface area contributed by atoms with Gasteiger partial charge >= 0.3 is 0 Å². The van der Waals surface area contributed by atoms with Crippen LogP contribution in [0, 0.1) is 5.82 Å². The van der Waals surface area contributed by atoms with E-state index in [-0.39, 0.29) is 29.8 Å². The number of aliphatic imine (C=N–C) groups is 1. The molecule has 0 aliphatic carbocycles. The molecule has 0 saturated carbocycles. The third kappa shape index (κ3) is 6.63. The summed E-state index contributed by atoms with van der Waals surface area (Å²) in [5.41, 5.74) is 9.33. The third-order valence-electron chi connectivity index (χ3n) is 4.90. The molecular weight excluding hydrogens is 468 g/mol. The summed E-state index contributed by atoms with van der Waals surface area (Å²) < 4.78 is 13.0. The van der Waals surface area contributed by atoms with Gasteiger partial charge in [-0.2, -0.15) is 0 Å². The van der Waals surface area contributed by atoms with Gasteiger partial charge in [-0.05, 0) is 48.4 Å². The first-order valence-electron chi connectivity index (χ1n) is 9.53. The van der Waals surface area contributed by atoms with E-state index in [4.69, 9.17) is 5.73 Å². The van der Waals surface area contributed by atoms with Crippen molar-refractivity contribution in [3.05, 3.63) is 59.9 Å². The Balaban J connectivity index is 0.00000280. The van der Waals surface area contributed by atoms with E-state index in [1.54, 1.807) is 0 Å². The Morgan fingerprint density at radius 3 is 2.29 bits per heavy atom. The minimum Gasteiger partial charge on any atom is -0.370 e. The van der Waals surface area contributed by atoms with Gasteiger partial charge in [0.15, 0.2) is 5.96 Å². The Morgan fingerprint density at radius 2 is 1.68 bits per heavy atom. The van der Waals surface area contributed by atoms with Gasteiger partial charge in [-0.1, -0.05) is 19.1 Å². The van der Waals surface area contributed by atoms with E-state index in [0.29, 0.717) is 12.5 Å². The number of anilines is 2. The number of piperazine rings is 1. The Morgan fingerprint density at radius 1 is 1.04 bits per heavy atom. The number of nitrogens with one attached hydrogen (secondary N) is 1. The highest BCUT2D eigenvalue weighted by atomic mass is 127. The quantitative estimate of drug-likeness (QED) is 0.364. The van der Waals surface area contributed by atoms with Crippen LogP contribution in [0.2, 0.25) is 0 Å². The standard InChI is InChI=1S/C21H28FN5.HI/c1-2-17-3-7-19(8-4-17)25-21(23)24-11-12-26-13-15-27(16-14-26)20-9-5-18(22)6-10-20;/h3-10H,2,11-16H2,1H3,(H3,23,24,25);1H. The molecule has 3 N–H and O–H groups in total. The molecule has 0 spiro atoms. The van der Waals surface area contributed by atoms with Crippen LogP contribution in [-0.4, -0.2) is 50.1 Å². The number of rotatable bonds is 6. The lowest BCUT2D eigenvalue weighted by Gasteiger charge is -2.35. The van der Waals surface area contributed by atoms with Gasteiger partial charge < -0.3 is 16.0 Å². The molecule has 0 atom stereocenters. The van der Waals surface area contributed by atoms with Crippen LogP contribution >= 0.6 is 24.0 Å². The summed E-state index contributed by atoms with van der Waals surface area (Å²) in [7, 11) is 0. The lowest BCUT2D eigenvalue weighted by Crippen LogP contribution is -2.47. The van der Waals surface area contributed by atoms with Crippen LogP contribution in [0.4, 0.5) is 15.8 Å². The van der Waals surface area contributed by atoms with Crippen molar-refractivity contribution in [2.45, 2.75) is 13.3 Å². The third-order valence-corrected chi connectivity index (χ3v) is 4.90. The number of hydrogen-bond donors (Lipinski definition) is 2. The Bertz CT molecular complexity index is 740. The van der Waals surface area contributed by atoms with Gasteiger partial charge in [0.1, 0.15) is 5.82 Å². The predicted molar refractivity (Wildman–Crippen MR) is 126 cm³/mol. The average molecular weight is 497 g/mol. The number of aryl methyl sites for hydroxylation is 1. The van der Waals surface area contributed by atoms with Crippen LogP contribution in [0.15, 0.2) is 53.5 Å². The summed E-state index contributed by atoms with van der Waals surface area (Å²) in [4.78, 5) is 9.10. The summed E-state index contributed by atoms with van der Waals surface area (Å²) in [6, 6.07) is 14.9. The van der Waals surface area contributed by atoms with E-state index in [1.165, 1.54) is 17.7 Å². The molecule has 152 valence electrons. The summed E-state index contributed by atoms with van der Waals surface area (Å²) >= 11 is 0. The number of benzene rings is 2. The van der Waals surface area contributed by atoms with Crippen LogP contribution in [-0.2, 0) is 6.42 Å². The molecule has 1 aliphatic heterocycles. The number of halogens is 2. The lowest BCUT2D eigenvalue weighted by atomic mass is 10.1. The zero-order valence-electron chi connectivity index (χ0n) is 16.3. The van der Waals surface area contributed by atoms with Gasteiger partial charge in [-0.3, -0.25) is 9.89 Å². The van der Waals surface area contributed by atoms with Crippen molar-refractivity contribution in [3.8, 4) is 0 Å². The first-order valence-corrected chi connectivity index (χ1v) is 9.53. The zero-order chi connectivity index (χ0) is 19.1. The molecular formula is C21H29FIN5. The molecule has 5 nitrogen and oxygen atoms in total. The maximum atomic E-state index is 13.0. The summed E-state index contributed by atoms with van der Waals surface area (Å²) in [6.07, 6.45) is 1.03. The number of hydrogen-bond acceptors (Lipinski definition) is 3. The van der Waals surface area contributed by atoms with Crippen molar-refractivity contribution >= 4 is 41.3 Å². The fourth-order valence-electron chi connectivity index (χ4n) is 3.20. The number of nitrogens with two attached hydrogens (primary N) is 1. The van der Waals surface area contributed by atoms with Crippen LogP contribution in [0.5, 0.6) is 0 Å². The smallest absolute Gasteiger partial charge is 0.193 e. The molecule has 1 fully saturated rings. The summed E-state index contributed by atoms with van der Waals surface area (Å²) in [5.74, 6) is 0.256. The van der Waals surface area contributed by atoms with Gasteiger partial charge in [0, 0.05) is 44.1 Å². The van der Waals surface area contributed by atoms with Crippen LogP contribution in [0.3, 0.4) is 0 Å². The molecule has 2 aromatic carbocycles. The van der Waals surface area contributed by atoms with Crippen molar-refractivity contribution in [3.63, 3.8) is 0 Å². The highest BCUT2D eigenvalue weighted by Gasteiger charge is 2.16. The molecule has 28 heavy (non-hydrogen) atoms. The predicted octanol–water partition coefficient (Wildman–Crippen LogP) is 3.55. The first-order chi connectivity index (χ1) is 13.1. The molecule has 0 unspecified atom stereocenters. The largest absolute Gasteiger partial charge is 0.370 e. The molecule has 1 heterocycles. The molecule has 1 aliphatic rings. The van der Waals surface area contributed by atoms with E-state index in [0.717, 1.165) is 50.5 Å². The van der Waals surface area contributed by atoms with Gasteiger partial charge in [-0.25, -0.2) is 4.39 Å². The normalized spacial score (nSPS) is 15.2. The molecule has 1 saturated heterocycles. The second-order valence-corrected chi connectivity index (χ2v) is 6.75. The topological polar surface area (TPSA) is 56.9 Å². The summed E-state index contributed by atoms with van der Waals surface area (Å²) in [5, 5.41) is 3.13. The highest BCUT2D eigenvalue weighted by Crippen LogP contribution is 2.16. The summed E-state index contributed by atoms with van der Waals surface area (Å²) in [6.45, 7) is 7.51. The highest BCUT2D eigenvalue weighted by molar-refractivity contribution is 14.0. The van der Waals surface area contributed by atoms with Gasteiger partial charge in [0.2, 0.25) is 0 Å². The van der Waals surface area contributed by atoms with Gasteiger partial charge in [-0.15, -0.1) is 24.0 Å². The second-order valence-electron chi connectivity index (χ2n) is 6.75. The van der Waals surface area contributed by atoms with Crippen LogP contribution in [0.25, 0.3) is 0 Å². The maximum absolute atomic E-state index is 13.0. The fraction of sp³-hybridized carbons (Fsp3) is 0.381. The lowest BCUT2D eigenvalue weighted by molar-refractivity contribution is 0.265. The van der Waals surface area contributed by atoms with E-state index in [2.05, 4.69) is 39.2 Å². The number of guanidine groups is 1. The van der Waals surface area contributed by atoms with Crippen molar-refractivity contribution in [2.24, 2.45) is 10.7 Å². The van der Waals surface area contributed by atoms with Gasteiger partial charge in [0.05, 0.1) is 6.54 Å². The van der Waals surface area contributed by atoms with Crippen molar-refractivity contribution in [1.29, 1.82) is 0 Å². The minimum absolute atomic E-state index is 0. The van der Waals surface area contributed by atoms with Crippen LogP contribution in [0.1, 0.15) is 12.5 Å². The molecule has 7 heteroatoms. The van der Waals surface area contributed by atoms with Gasteiger partial charge in [0.25, 0.3) is 0 Å². The fourth-order valence-corrected chi connectivity index (χ4v) is 3.20.